The van der Waals surface area contributed by atoms with Gasteiger partial charge in [-0.15, -0.1) is 0 Å². The number of carboxylic acids is 1. The largest absolute Gasteiger partial charge is 0.478 e. The molecule has 1 heterocycles. The lowest BCUT2D eigenvalue weighted by Gasteiger charge is -2.13. The van der Waals surface area contributed by atoms with Crippen molar-refractivity contribution in [3.63, 3.8) is 0 Å². The van der Waals surface area contributed by atoms with Crippen molar-refractivity contribution < 1.29 is 19.1 Å². The molecule has 0 amide bonds. The molecule has 2 aromatic rings. The zero-order valence-electron chi connectivity index (χ0n) is 12.5. The van der Waals surface area contributed by atoms with Crippen LogP contribution in [-0.4, -0.2) is 22.7 Å². The maximum absolute atomic E-state index is 10.9. The fourth-order valence-electron chi connectivity index (χ4n) is 2.19. The number of benzene rings is 1. The van der Waals surface area contributed by atoms with Gasteiger partial charge >= 0.3 is 12.0 Å². The highest BCUT2D eigenvalue weighted by atomic mass is 16.6. The number of rotatable bonds is 8. The lowest BCUT2D eigenvalue weighted by Crippen LogP contribution is -2.11. The van der Waals surface area contributed by atoms with Crippen LogP contribution in [0.2, 0.25) is 0 Å². The Labute approximate surface area is 123 Å². The van der Waals surface area contributed by atoms with E-state index in [-0.39, 0.29) is 11.6 Å². The minimum absolute atomic E-state index is 0.180. The van der Waals surface area contributed by atoms with E-state index >= 15 is 0 Å². The Morgan fingerprint density at radius 1 is 1.43 bits per heavy atom. The summed E-state index contributed by atoms with van der Waals surface area (Å²) in [4.78, 5) is 15.1. The number of nitrogens with zero attached hydrogens (tertiary/aromatic N) is 1. The SMILES string of the molecule is CCCCC(CC)COc1nc2ccc(C(=O)O)cc2o1. The van der Waals surface area contributed by atoms with Crippen LogP contribution in [0.25, 0.3) is 11.1 Å². The molecule has 5 heteroatoms. The molecule has 1 unspecified atom stereocenters. The number of fused-ring (bicyclic) bond motifs is 1. The summed E-state index contributed by atoms with van der Waals surface area (Å²) in [5, 5.41) is 8.95. The van der Waals surface area contributed by atoms with E-state index in [0.717, 1.165) is 12.8 Å². The van der Waals surface area contributed by atoms with Crippen LogP contribution in [0.3, 0.4) is 0 Å². The van der Waals surface area contributed by atoms with Crippen molar-refractivity contribution in [3.8, 4) is 6.08 Å². The monoisotopic (exact) mass is 291 g/mol. The van der Waals surface area contributed by atoms with E-state index in [4.69, 9.17) is 14.3 Å². The minimum atomic E-state index is -0.985. The molecule has 0 saturated heterocycles. The van der Waals surface area contributed by atoms with Gasteiger partial charge in [-0.2, -0.15) is 4.98 Å². The third-order valence-electron chi connectivity index (χ3n) is 3.60. The molecule has 0 fully saturated rings. The van der Waals surface area contributed by atoms with E-state index in [2.05, 4.69) is 18.8 Å². The zero-order valence-corrected chi connectivity index (χ0v) is 12.5. The molecule has 0 radical (unpaired) electrons. The molecule has 0 bridgehead atoms. The normalized spacial score (nSPS) is 12.5. The van der Waals surface area contributed by atoms with Gasteiger partial charge in [-0.25, -0.2) is 4.79 Å². The Morgan fingerprint density at radius 2 is 2.24 bits per heavy atom. The second kappa shape index (κ2) is 7.11. The van der Waals surface area contributed by atoms with E-state index in [1.54, 1.807) is 6.07 Å². The van der Waals surface area contributed by atoms with Crippen molar-refractivity contribution in [2.24, 2.45) is 5.92 Å². The van der Waals surface area contributed by atoms with Gasteiger partial charge in [-0.3, -0.25) is 0 Å². The number of hydrogen-bond acceptors (Lipinski definition) is 4. The summed E-state index contributed by atoms with van der Waals surface area (Å²) in [7, 11) is 0. The fourth-order valence-corrected chi connectivity index (χ4v) is 2.19. The molecule has 1 aromatic heterocycles. The van der Waals surface area contributed by atoms with Gasteiger partial charge in [0.25, 0.3) is 0 Å². The van der Waals surface area contributed by atoms with Crippen molar-refractivity contribution in [2.75, 3.05) is 6.61 Å². The molecule has 0 saturated carbocycles. The van der Waals surface area contributed by atoms with Crippen molar-refractivity contribution >= 4 is 17.1 Å². The molecular weight excluding hydrogens is 270 g/mol. The van der Waals surface area contributed by atoms with Crippen LogP contribution in [0.15, 0.2) is 22.6 Å². The maximum Gasteiger partial charge on any atom is 0.394 e. The zero-order chi connectivity index (χ0) is 15.2. The first-order chi connectivity index (χ1) is 10.1. The molecule has 21 heavy (non-hydrogen) atoms. The van der Waals surface area contributed by atoms with Gasteiger partial charge < -0.3 is 14.3 Å². The number of oxazole rings is 1. The smallest absolute Gasteiger partial charge is 0.394 e. The van der Waals surface area contributed by atoms with Crippen LogP contribution in [0.4, 0.5) is 0 Å². The molecular formula is C16H21NO4. The number of unbranched alkanes of at least 4 members (excludes halogenated alkanes) is 1. The number of carbonyl (C=O) groups is 1. The van der Waals surface area contributed by atoms with Gasteiger partial charge in [0.05, 0.1) is 12.2 Å². The summed E-state index contributed by atoms with van der Waals surface area (Å²) in [6.45, 7) is 4.90. The van der Waals surface area contributed by atoms with E-state index < -0.39 is 5.97 Å². The fraction of sp³-hybridized carbons (Fsp3) is 0.500. The third-order valence-corrected chi connectivity index (χ3v) is 3.60. The lowest BCUT2D eigenvalue weighted by molar-refractivity contribution is 0.0697. The number of carboxylic acid groups (broad SMARTS) is 1. The molecule has 2 rings (SSSR count). The Morgan fingerprint density at radius 3 is 2.90 bits per heavy atom. The second-order valence-electron chi connectivity index (χ2n) is 5.19. The standard InChI is InChI=1S/C16H21NO4/c1-3-5-6-11(4-2)10-20-16-17-13-8-7-12(15(18)19)9-14(13)21-16/h7-9,11H,3-6,10H2,1-2H3,(H,18,19). The predicted molar refractivity (Wildman–Crippen MR) is 79.8 cm³/mol. The summed E-state index contributed by atoms with van der Waals surface area (Å²) < 4.78 is 11.1. The summed E-state index contributed by atoms with van der Waals surface area (Å²) >= 11 is 0. The van der Waals surface area contributed by atoms with Gasteiger partial charge in [0.15, 0.2) is 5.58 Å². The minimum Gasteiger partial charge on any atom is -0.478 e. The van der Waals surface area contributed by atoms with Crippen LogP contribution in [0, 0.1) is 5.92 Å². The van der Waals surface area contributed by atoms with E-state index in [1.807, 2.05) is 0 Å². The van der Waals surface area contributed by atoms with Crippen LogP contribution in [-0.2, 0) is 0 Å². The van der Waals surface area contributed by atoms with E-state index in [1.165, 1.54) is 25.0 Å². The summed E-state index contributed by atoms with van der Waals surface area (Å²) in [6.07, 6.45) is 4.77. The van der Waals surface area contributed by atoms with Crippen LogP contribution in [0.5, 0.6) is 6.08 Å². The molecule has 0 aliphatic rings. The Kier molecular flexibility index (Phi) is 5.20. The molecule has 114 valence electrons. The summed E-state index contributed by atoms with van der Waals surface area (Å²) in [5.41, 5.74) is 1.22. The summed E-state index contributed by atoms with van der Waals surface area (Å²) in [6, 6.07) is 4.60. The first kappa shape index (κ1) is 15.4. The maximum atomic E-state index is 10.9. The van der Waals surface area contributed by atoms with E-state index in [9.17, 15) is 4.79 Å². The van der Waals surface area contributed by atoms with Crippen LogP contribution < -0.4 is 4.74 Å². The van der Waals surface area contributed by atoms with Crippen molar-refractivity contribution in [3.05, 3.63) is 23.8 Å². The number of hydrogen-bond donors (Lipinski definition) is 1. The average Bonchev–Trinajstić information content (AvgIpc) is 2.89. The third kappa shape index (κ3) is 3.97. The molecule has 1 aromatic carbocycles. The highest BCUT2D eigenvalue weighted by Crippen LogP contribution is 2.23. The van der Waals surface area contributed by atoms with Gasteiger partial charge in [0, 0.05) is 0 Å². The van der Waals surface area contributed by atoms with Crippen LogP contribution in [0.1, 0.15) is 49.9 Å². The Hall–Kier alpha value is -2.04. The average molecular weight is 291 g/mol. The topological polar surface area (TPSA) is 72.6 Å². The lowest BCUT2D eigenvalue weighted by atomic mass is 10.0. The van der Waals surface area contributed by atoms with Gasteiger partial charge in [-0.1, -0.05) is 33.1 Å². The van der Waals surface area contributed by atoms with Crippen molar-refractivity contribution in [1.29, 1.82) is 0 Å². The first-order valence-electron chi connectivity index (χ1n) is 7.40. The molecule has 1 N–H and O–H groups in total. The van der Waals surface area contributed by atoms with Gasteiger partial charge in [0.2, 0.25) is 0 Å². The number of aromatic carboxylic acids is 1. The number of ether oxygens (including phenoxy) is 1. The molecule has 1 atom stereocenters. The van der Waals surface area contributed by atoms with Gasteiger partial charge in [-0.05, 0) is 30.5 Å². The Bertz CT molecular complexity index is 605. The molecule has 0 aliphatic heterocycles. The molecule has 0 spiro atoms. The summed E-state index contributed by atoms with van der Waals surface area (Å²) in [5.74, 6) is -0.490. The first-order valence-corrected chi connectivity index (χ1v) is 7.40. The number of aromatic nitrogens is 1. The Balaban J connectivity index is 2.03. The highest BCUT2D eigenvalue weighted by molar-refractivity contribution is 5.91. The molecule has 5 nitrogen and oxygen atoms in total. The highest BCUT2D eigenvalue weighted by Gasteiger charge is 2.13. The second-order valence-corrected chi connectivity index (χ2v) is 5.19. The van der Waals surface area contributed by atoms with Gasteiger partial charge in [0.1, 0.15) is 5.52 Å². The predicted octanol–water partition coefficient (Wildman–Crippen LogP) is 4.12. The van der Waals surface area contributed by atoms with Crippen LogP contribution >= 0.6 is 0 Å². The quantitative estimate of drug-likeness (QED) is 0.792. The van der Waals surface area contributed by atoms with Crippen molar-refractivity contribution in [1.82, 2.24) is 4.98 Å². The molecule has 0 aliphatic carbocycles. The van der Waals surface area contributed by atoms with Crippen molar-refractivity contribution in [2.45, 2.75) is 39.5 Å². The van der Waals surface area contributed by atoms with E-state index in [0.29, 0.717) is 23.6 Å².